The van der Waals surface area contributed by atoms with Gasteiger partial charge in [0.15, 0.2) is 0 Å². The zero-order valence-corrected chi connectivity index (χ0v) is 14.5. The standard InChI is InChI=1S/C20H19OPS/c1-4-10-18(11-5-1)22(21-16-17-23-22,19-12-6-2-7-13-19)20-14-8-3-9-15-20/h1-15H,16-17H2. The molecule has 0 spiro atoms. The first-order chi connectivity index (χ1) is 11.4. The van der Waals surface area contributed by atoms with Gasteiger partial charge in [0.05, 0.1) is 0 Å². The Kier molecular flexibility index (Phi) is 3.77. The summed E-state index contributed by atoms with van der Waals surface area (Å²) in [5, 5.41) is 3.91. The van der Waals surface area contributed by atoms with Gasteiger partial charge in [0, 0.05) is 0 Å². The van der Waals surface area contributed by atoms with E-state index in [1.807, 2.05) is 11.4 Å². The van der Waals surface area contributed by atoms with Crippen LogP contribution in [0.2, 0.25) is 0 Å². The van der Waals surface area contributed by atoms with Crippen LogP contribution >= 0.6 is 17.4 Å². The normalized spacial score (nSPS) is 20.4. The van der Waals surface area contributed by atoms with Crippen LogP contribution in [0.25, 0.3) is 0 Å². The molecule has 0 aliphatic carbocycles. The van der Waals surface area contributed by atoms with Crippen LogP contribution in [0.5, 0.6) is 0 Å². The average Bonchev–Trinajstić information content (AvgIpc) is 3.12. The van der Waals surface area contributed by atoms with Crippen molar-refractivity contribution in [3.8, 4) is 0 Å². The molecule has 3 heteroatoms. The summed E-state index contributed by atoms with van der Waals surface area (Å²) in [6.07, 6.45) is 0. The van der Waals surface area contributed by atoms with E-state index in [0.29, 0.717) is 0 Å². The molecule has 0 amide bonds. The van der Waals surface area contributed by atoms with E-state index in [2.05, 4.69) is 91.0 Å². The monoisotopic (exact) mass is 338 g/mol. The van der Waals surface area contributed by atoms with Crippen LogP contribution in [0, 0.1) is 0 Å². The zero-order valence-electron chi connectivity index (χ0n) is 12.8. The van der Waals surface area contributed by atoms with Crippen LogP contribution < -0.4 is 15.9 Å². The van der Waals surface area contributed by atoms with Crippen LogP contribution in [0.1, 0.15) is 0 Å². The van der Waals surface area contributed by atoms with Gasteiger partial charge in [-0.25, -0.2) is 0 Å². The Morgan fingerprint density at radius 2 is 1.00 bits per heavy atom. The maximum atomic E-state index is 6.78. The van der Waals surface area contributed by atoms with E-state index >= 15 is 0 Å². The first kappa shape index (κ1) is 15.0. The molecule has 3 aromatic rings. The second kappa shape index (κ2) is 5.79. The number of benzene rings is 3. The molecule has 4 rings (SSSR count). The van der Waals surface area contributed by atoms with Gasteiger partial charge in [-0.1, -0.05) is 0 Å². The summed E-state index contributed by atoms with van der Waals surface area (Å²) in [4.78, 5) is 0. The molecule has 3 aromatic carbocycles. The topological polar surface area (TPSA) is 9.23 Å². The molecule has 0 unspecified atom stereocenters. The van der Waals surface area contributed by atoms with Crippen molar-refractivity contribution in [1.82, 2.24) is 0 Å². The van der Waals surface area contributed by atoms with Crippen LogP contribution in [0.15, 0.2) is 91.0 Å². The fourth-order valence-corrected chi connectivity index (χ4v) is 12.7. The van der Waals surface area contributed by atoms with E-state index in [-0.39, 0.29) is 0 Å². The SMILES string of the molecule is c1ccc(P2(c3ccccc3)(c3ccccc3)OCCS2)cc1. The molecule has 23 heavy (non-hydrogen) atoms. The molecule has 0 aromatic heterocycles. The van der Waals surface area contributed by atoms with Crippen LogP contribution in [-0.4, -0.2) is 12.4 Å². The van der Waals surface area contributed by atoms with Gasteiger partial charge in [-0.2, -0.15) is 0 Å². The van der Waals surface area contributed by atoms with E-state index in [0.717, 1.165) is 12.4 Å². The molecule has 116 valence electrons. The first-order valence-corrected chi connectivity index (χ1v) is 11.6. The second-order valence-electron chi connectivity index (χ2n) is 5.63. The molecule has 1 fully saturated rings. The summed E-state index contributed by atoms with van der Waals surface area (Å²) < 4.78 is 6.78. The van der Waals surface area contributed by atoms with Gasteiger partial charge >= 0.3 is 141 Å². The molecule has 1 aliphatic rings. The Morgan fingerprint density at radius 3 is 1.30 bits per heavy atom. The summed E-state index contributed by atoms with van der Waals surface area (Å²) in [5.41, 5.74) is 0. The quantitative estimate of drug-likeness (QED) is 0.665. The predicted octanol–water partition coefficient (Wildman–Crippen LogP) is 4.11. The van der Waals surface area contributed by atoms with E-state index in [1.54, 1.807) is 0 Å². The van der Waals surface area contributed by atoms with Gasteiger partial charge < -0.3 is 0 Å². The van der Waals surface area contributed by atoms with Gasteiger partial charge in [-0.05, 0) is 0 Å². The van der Waals surface area contributed by atoms with E-state index in [1.165, 1.54) is 15.9 Å². The minimum absolute atomic E-state index is 0.793. The van der Waals surface area contributed by atoms with Crippen molar-refractivity contribution in [3.63, 3.8) is 0 Å². The minimum atomic E-state index is -2.90. The first-order valence-electron chi connectivity index (χ1n) is 7.85. The third kappa shape index (κ3) is 2.10. The average molecular weight is 338 g/mol. The van der Waals surface area contributed by atoms with Crippen molar-refractivity contribution in [3.05, 3.63) is 91.0 Å². The van der Waals surface area contributed by atoms with Crippen LogP contribution in [0.3, 0.4) is 0 Å². The summed E-state index contributed by atoms with van der Waals surface area (Å²) in [6.45, 7) is 0.793. The van der Waals surface area contributed by atoms with Gasteiger partial charge in [0.2, 0.25) is 0 Å². The van der Waals surface area contributed by atoms with Gasteiger partial charge in [-0.3, -0.25) is 0 Å². The van der Waals surface area contributed by atoms with Crippen molar-refractivity contribution in [2.75, 3.05) is 12.4 Å². The third-order valence-corrected chi connectivity index (χ3v) is 13.9. The Hall–Kier alpha value is -1.60. The van der Waals surface area contributed by atoms with Crippen molar-refractivity contribution < 1.29 is 4.52 Å². The molecule has 0 bridgehead atoms. The molecule has 0 atom stereocenters. The molecule has 1 heterocycles. The van der Waals surface area contributed by atoms with Gasteiger partial charge in [0.1, 0.15) is 0 Å². The van der Waals surface area contributed by atoms with E-state index in [4.69, 9.17) is 4.52 Å². The van der Waals surface area contributed by atoms with Crippen molar-refractivity contribution >= 4 is 33.3 Å². The van der Waals surface area contributed by atoms with Crippen LogP contribution in [-0.2, 0) is 4.52 Å². The summed E-state index contributed by atoms with van der Waals surface area (Å²) in [7, 11) is 0. The molecule has 0 radical (unpaired) electrons. The van der Waals surface area contributed by atoms with E-state index in [9.17, 15) is 0 Å². The molecular weight excluding hydrogens is 319 g/mol. The molecule has 0 N–H and O–H groups in total. The number of hydrogen-bond acceptors (Lipinski definition) is 2. The van der Waals surface area contributed by atoms with E-state index < -0.39 is 6.03 Å². The maximum absolute atomic E-state index is 6.78. The molecule has 1 nitrogen and oxygen atoms in total. The summed E-state index contributed by atoms with van der Waals surface area (Å²) in [5.74, 6) is 1.02. The van der Waals surface area contributed by atoms with Crippen molar-refractivity contribution in [1.29, 1.82) is 0 Å². The Bertz CT molecular complexity index is 680. The van der Waals surface area contributed by atoms with Gasteiger partial charge in [-0.15, -0.1) is 0 Å². The van der Waals surface area contributed by atoms with Crippen molar-refractivity contribution in [2.45, 2.75) is 0 Å². The molecule has 0 saturated carbocycles. The number of hydrogen-bond donors (Lipinski definition) is 0. The Morgan fingerprint density at radius 1 is 0.609 bits per heavy atom. The van der Waals surface area contributed by atoms with Gasteiger partial charge in [0.25, 0.3) is 0 Å². The fraction of sp³-hybridized carbons (Fsp3) is 0.100. The van der Waals surface area contributed by atoms with Crippen LogP contribution in [0.4, 0.5) is 0 Å². The Labute approximate surface area is 141 Å². The fourth-order valence-electron chi connectivity index (χ4n) is 3.45. The third-order valence-electron chi connectivity index (χ3n) is 4.43. The molecule has 1 saturated heterocycles. The summed E-state index contributed by atoms with van der Waals surface area (Å²) in [6, 6.07) is 29.5. The van der Waals surface area contributed by atoms with Crippen molar-refractivity contribution in [2.24, 2.45) is 0 Å². The second-order valence-corrected chi connectivity index (χ2v) is 12.9. The summed E-state index contributed by atoms with van der Waals surface area (Å²) >= 11 is 2.00. The number of rotatable bonds is 3. The predicted molar refractivity (Wildman–Crippen MR) is 104 cm³/mol. The molecule has 1 aliphatic heterocycles. The zero-order chi connectivity index (χ0) is 15.6. The molecular formula is C20H19OPS. The Balaban J connectivity index is 2.12.